The van der Waals surface area contributed by atoms with Gasteiger partial charge in [0.05, 0.1) is 6.04 Å². The highest BCUT2D eigenvalue weighted by Crippen LogP contribution is 2.15. The van der Waals surface area contributed by atoms with E-state index in [9.17, 15) is 4.79 Å². The molecule has 3 N–H and O–H groups in total. The smallest absolute Gasteiger partial charge is 0.234 e. The van der Waals surface area contributed by atoms with Crippen molar-refractivity contribution < 1.29 is 9.53 Å². The van der Waals surface area contributed by atoms with Crippen molar-refractivity contribution in [1.29, 1.82) is 0 Å². The first kappa shape index (κ1) is 15.4. The minimum absolute atomic E-state index is 0.202. The van der Waals surface area contributed by atoms with Crippen molar-refractivity contribution in [2.45, 2.75) is 32.2 Å². The Hall–Kier alpha value is -0.650. The maximum atomic E-state index is 11.2. The zero-order chi connectivity index (χ0) is 13.4. The Bertz CT molecular complexity index is 242. The molecule has 1 rings (SSSR count). The summed E-state index contributed by atoms with van der Waals surface area (Å²) in [5.74, 6) is 0.478. The molecule has 0 aromatic heterocycles. The number of nitrogens with zero attached hydrogens (tertiary/aromatic N) is 1. The van der Waals surface area contributed by atoms with Gasteiger partial charge in [0.25, 0.3) is 0 Å². The number of amides is 1. The zero-order valence-corrected chi connectivity index (χ0v) is 11.7. The highest BCUT2D eigenvalue weighted by molar-refractivity contribution is 5.79. The molecule has 1 aliphatic rings. The SMILES string of the molecule is CCNC(CCN(C)CC1CCOCC1)C(N)=O. The number of hydrogen-bond donors (Lipinski definition) is 2. The zero-order valence-electron chi connectivity index (χ0n) is 11.7. The van der Waals surface area contributed by atoms with E-state index in [0.29, 0.717) is 0 Å². The Kier molecular flexibility index (Phi) is 7.23. The molecule has 0 spiro atoms. The van der Waals surface area contributed by atoms with Gasteiger partial charge in [0.1, 0.15) is 0 Å². The minimum atomic E-state index is -0.253. The van der Waals surface area contributed by atoms with Crippen LogP contribution in [0.5, 0.6) is 0 Å². The summed E-state index contributed by atoms with van der Waals surface area (Å²) >= 11 is 0. The molecule has 0 aromatic rings. The summed E-state index contributed by atoms with van der Waals surface area (Å²) in [6, 6.07) is -0.202. The number of carbonyl (C=O) groups excluding carboxylic acids is 1. The number of nitrogens with one attached hydrogen (secondary N) is 1. The van der Waals surface area contributed by atoms with Crippen LogP contribution >= 0.6 is 0 Å². The molecule has 106 valence electrons. The van der Waals surface area contributed by atoms with Crippen LogP contribution in [0.25, 0.3) is 0 Å². The van der Waals surface area contributed by atoms with Gasteiger partial charge in [0.15, 0.2) is 0 Å². The topological polar surface area (TPSA) is 67.6 Å². The van der Waals surface area contributed by atoms with E-state index in [1.807, 2.05) is 6.92 Å². The molecule has 5 nitrogen and oxygen atoms in total. The summed E-state index contributed by atoms with van der Waals surface area (Å²) in [6.45, 7) is 6.53. The van der Waals surface area contributed by atoms with Gasteiger partial charge >= 0.3 is 0 Å². The highest BCUT2D eigenvalue weighted by Gasteiger charge is 2.18. The van der Waals surface area contributed by atoms with E-state index in [1.54, 1.807) is 0 Å². The molecule has 5 heteroatoms. The molecule has 0 radical (unpaired) electrons. The molecule has 1 heterocycles. The molecular formula is C13H27N3O2. The number of ether oxygens (including phenoxy) is 1. The van der Waals surface area contributed by atoms with E-state index >= 15 is 0 Å². The predicted molar refractivity (Wildman–Crippen MR) is 72.3 cm³/mol. The summed E-state index contributed by atoms with van der Waals surface area (Å²) in [4.78, 5) is 13.5. The molecule has 0 bridgehead atoms. The number of likely N-dealkylation sites (N-methyl/N-ethyl adjacent to an activating group) is 1. The molecule has 1 atom stereocenters. The summed E-state index contributed by atoms with van der Waals surface area (Å²) in [5, 5.41) is 3.12. The van der Waals surface area contributed by atoms with Crippen LogP contribution in [-0.4, -0.2) is 56.7 Å². The van der Waals surface area contributed by atoms with Gasteiger partial charge in [-0.1, -0.05) is 6.92 Å². The fraction of sp³-hybridized carbons (Fsp3) is 0.923. The van der Waals surface area contributed by atoms with Crippen molar-refractivity contribution in [3.8, 4) is 0 Å². The predicted octanol–water partition coefficient (Wildman–Crippen LogP) is 0.198. The monoisotopic (exact) mass is 257 g/mol. The second-order valence-corrected chi connectivity index (χ2v) is 5.12. The number of hydrogen-bond acceptors (Lipinski definition) is 4. The summed E-state index contributed by atoms with van der Waals surface area (Å²) < 4.78 is 5.35. The second kappa shape index (κ2) is 8.45. The second-order valence-electron chi connectivity index (χ2n) is 5.12. The molecule has 1 saturated heterocycles. The summed E-state index contributed by atoms with van der Waals surface area (Å²) in [5.41, 5.74) is 5.36. The Balaban J connectivity index is 2.21. The molecule has 1 fully saturated rings. The molecule has 0 aliphatic carbocycles. The molecule has 0 saturated carbocycles. The highest BCUT2D eigenvalue weighted by atomic mass is 16.5. The molecule has 0 aromatic carbocycles. The van der Waals surface area contributed by atoms with E-state index in [0.717, 1.165) is 58.0 Å². The lowest BCUT2D eigenvalue weighted by Crippen LogP contribution is -2.43. The molecular weight excluding hydrogens is 230 g/mol. The molecule has 1 amide bonds. The average molecular weight is 257 g/mol. The minimum Gasteiger partial charge on any atom is -0.381 e. The van der Waals surface area contributed by atoms with Crippen molar-refractivity contribution in [1.82, 2.24) is 10.2 Å². The van der Waals surface area contributed by atoms with Crippen LogP contribution in [0.4, 0.5) is 0 Å². The van der Waals surface area contributed by atoms with Crippen molar-refractivity contribution in [3.63, 3.8) is 0 Å². The number of primary amides is 1. The van der Waals surface area contributed by atoms with Crippen molar-refractivity contribution in [2.75, 3.05) is 39.9 Å². The van der Waals surface area contributed by atoms with Crippen LogP contribution in [0.1, 0.15) is 26.2 Å². The normalized spacial score (nSPS) is 19.1. The van der Waals surface area contributed by atoms with E-state index in [1.165, 1.54) is 0 Å². The van der Waals surface area contributed by atoms with E-state index in [2.05, 4.69) is 17.3 Å². The van der Waals surface area contributed by atoms with Crippen molar-refractivity contribution in [2.24, 2.45) is 11.7 Å². The first-order valence-electron chi connectivity index (χ1n) is 6.92. The third kappa shape index (κ3) is 5.80. The van der Waals surface area contributed by atoms with Gasteiger partial charge in [-0.2, -0.15) is 0 Å². The Morgan fingerprint density at radius 1 is 1.50 bits per heavy atom. The largest absolute Gasteiger partial charge is 0.381 e. The average Bonchev–Trinajstić information content (AvgIpc) is 2.35. The van der Waals surface area contributed by atoms with Crippen LogP contribution in [0, 0.1) is 5.92 Å². The third-order valence-electron chi connectivity index (χ3n) is 3.50. The van der Waals surface area contributed by atoms with Crippen LogP contribution < -0.4 is 11.1 Å². The summed E-state index contributed by atoms with van der Waals surface area (Å²) in [6.07, 6.45) is 3.08. The van der Waals surface area contributed by atoms with E-state index in [4.69, 9.17) is 10.5 Å². The Morgan fingerprint density at radius 2 is 2.17 bits per heavy atom. The molecule has 18 heavy (non-hydrogen) atoms. The van der Waals surface area contributed by atoms with Gasteiger partial charge in [-0.15, -0.1) is 0 Å². The fourth-order valence-electron chi connectivity index (χ4n) is 2.40. The van der Waals surface area contributed by atoms with Crippen LogP contribution in [0.2, 0.25) is 0 Å². The van der Waals surface area contributed by atoms with Gasteiger partial charge in [-0.3, -0.25) is 4.79 Å². The Morgan fingerprint density at radius 3 is 2.72 bits per heavy atom. The fourth-order valence-corrected chi connectivity index (χ4v) is 2.40. The molecule has 1 aliphatic heterocycles. The van der Waals surface area contributed by atoms with E-state index < -0.39 is 0 Å². The lowest BCUT2D eigenvalue weighted by molar-refractivity contribution is -0.120. The van der Waals surface area contributed by atoms with Gasteiger partial charge in [0, 0.05) is 19.8 Å². The lowest BCUT2D eigenvalue weighted by Gasteiger charge is -2.27. The standard InChI is InChI=1S/C13H27N3O2/c1-3-15-12(13(14)17)4-7-16(2)10-11-5-8-18-9-6-11/h11-12,15H,3-10H2,1-2H3,(H2,14,17). The van der Waals surface area contributed by atoms with Crippen LogP contribution in [-0.2, 0) is 9.53 Å². The first-order chi connectivity index (χ1) is 8.63. The van der Waals surface area contributed by atoms with Crippen molar-refractivity contribution >= 4 is 5.91 Å². The van der Waals surface area contributed by atoms with Gasteiger partial charge in [-0.25, -0.2) is 0 Å². The van der Waals surface area contributed by atoms with Gasteiger partial charge in [0.2, 0.25) is 5.91 Å². The summed E-state index contributed by atoms with van der Waals surface area (Å²) in [7, 11) is 2.11. The van der Waals surface area contributed by atoms with Gasteiger partial charge < -0.3 is 20.7 Å². The number of nitrogens with two attached hydrogens (primary N) is 1. The number of rotatable bonds is 8. The maximum Gasteiger partial charge on any atom is 0.234 e. The Labute approximate surface area is 110 Å². The van der Waals surface area contributed by atoms with Crippen molar-refractivity contribution in [3.05, 3.63) is 0 Å². The molecule has 1 unspecified atom stereocenters. The first-order valence-corrected chi connectivity index (χ1v) is 6.92. The maximum absolute atomic E-state index is 11.2. The quantitative estimate of drug-likeness (QED) is 0.652. The third-order valence-corrected chi connectivity index (χ3v) is 3.50. The van der Waals surface area contributed by atoms with Crippen LogP contribution in [0.15, 0.2) is 0 Å². The number of carbonyl (C=O) groups is 1. The van der Waals surface area contributed by atoms with E-state index in [-0.39, 0.29) is 11.9 Å². The van der Waals surface area contributed by atoms with Gasteiger partial charge in [-0.05, 0) is 45.3 Å². The lowest BCUT2D eigenvalue weighted by atomic mass is 10.00. The van der Waals surface area contributed by atoms with Crippen LogP contribution in [0.3, 0.4) is 0 Å².